The van der Waals surface area contributed by atoms with Crippen molar-refractivity contribution >= 4 is 50.1 Å². The van der Waals surface area contributed by atoms with Gasteiger partial charge in [-0.25, -0.2) is 14.3 Å². The Kier molecular flexibility index (Phi) is 8.18. The van der Waals surface area contributed by atoms with Crippen molar-refractivity contribution in [3.63, 3.8) is 0 Å². The van der Waals surface area contributed by atoms with Crippen molar-refractivity contribution in [3.8, 4) is 0 Å². The number of hydrogen-bond acceptors (Lipinski definition) is 8. The number of nitrogens with two attached hydrogens (primary N) is 1. The van der Waals surface area contributed by atoms with Crippen molar-refractivity contribution in [2.75, 3.05) is 56.4 Å². The number of benzene rings is 2. The van der Waals surface area contributed by atoms with Gasteiger partial charge in [0.1, 0.15) is 5.60 Å². The number of thiazole rings is 1. The van der Waals surface area contributed by atoms with Gasteiger partial charge in [0, 0.05) is 66.6 Å². The van der Waals surface area contributed by atoms with Crippen molar-refractivity contribution < 1.29 is 9.53 Å². The normalized spacial score (nSPS) is 18.2. The molecule has 42 heavy (non-hydrogen) atoms. The van der Waals surface area contributed by atoms with E-state index in [1.54, 1.807) is 15.9 Å². The number of carbonyl (C=O) groups is 1. The molecule has 2 aliphatic rings. The number of carbonyl (C=O) groups excluding carboxylic acids is 1. The van der Waals surface area contributed by atoms with Crippen LogP contribution >= 0.6 is 11.3 Å². The molecular weight excluding hydrogens is 544 g/mol. The van der Waals surface area contributed by atoms with Crippen LogP contribution in [0.5, 0.6) is 0 Å². The Bertz CT molecular complexity index is 1560. The van der Waals surface area contributed by atoms with E-state index >= 15 is 0 Å². The van der Waals surface area contributed by atoms with Crippen LogP contribution in [0.1, 0.15) is 51.1 Å². The third kappa shape index (κ3) is 5.87. The van der Waals surface area contributed by atoms with Crippen molar-refractivity contribution in [2.24, 2.45) is 0 Å². The summed E-state index contributed by atoms with van der Waals surface area (Å²) in [5, 5.41) is 2.93. The first-order valence-corrected chi connectivity index (χ1v) is 16.2. The maximum atomic E-state index is 13.3. The molecule has 224 valence electrons. The summed E-state index contributed by atoms with van der Waals surface area (Å²) in [6, 6.07) is 15.1. The number of para-hydroxylation sites is 1. The van der Waals surface area contributed by atoms with Gasteiger partial charge in [-0.2, -0.15) is 0 Å². The Morgan fingerprint density at radius 2 is 1.83 bits per heavy atom. The molecule has 0 bridgehead atoms. The quantitative estimate of drug-likeness (QED) is 0.283. The zero-order valence-electron chi connectivity index (χ0n) is 25.4. The lowest BCUT2D eigenvalue weighted by Gasteiger charge is -2.39. The van der Waals surface area contributed by atoms with E-state index in [9.17, 15) is 4.79 Å². The predicted octanol–water partition coefficient (Wildman–Crippen LogP) is 6.01. The summed E-state index contributed by atoms with van der Waals surface area (Å²) in [6.45, 7) is 15.3. The number of aromatic nitrogens is 2. The Morgan fingerprint density at radius 3 is 2.60 bits per heavy atom. The Hall–Kier alpha value is -3.14. The number of rotatable bonds is 7. The van der Waals surface area contributed by atoms with E-state index in [0.29, 0.717) is 11.2 Å². The summed E-state index contributed by atoms with van der Waals surface area (Å²) in [5.41, 5.74) is 9.65. The van der Waals surface area contributed by atoms with E-state index in [1.165, 1.54) is 29.1 Å². The maximum absolute atomic E-state index is 13.3. The number of nitrogens with zero attached hydrogens (tertiary/aromatic N) is 5. The highest BCUT2D eigenvalue weighted by Gasteiger charge is 2.28. The van der Waals surface area contributed by atoms with Crippen LogP contribution in [0.3, 0.4) is 0 Å². The van der Waals surface area contributed by atoms with Gasteiger partial charge in [0.15, 0.2) is 5.13 Å². The van der Waals surface area contributed by atoms with E-state index in [1.807, 2.05) is 39.0 Å². The Morgan fingerprint density at radius 1 is 1.07 bits per heavy atom. The fourth-order valence-electron chi connectivity index (χ4n) is 6.70. The zero-order valence-corrected chi connectivity index (χ0v) is 26.3. The monoisotopic (exact) mass is 588 g/mol. The molecule has 2 aromatic carbocycles. The highest BCUT2D eigenvalue weighted by atomic mass is 32.1. The lowest BCUT2D eigenvalue weighted by molar-refractivity contribution is 0.0551. The molecule has 2 aromatic heterocycles. The van der Waals surface area contributed by atoms with Crippen LogP contribution in [0.15, 0.2) is 42.5 Å². The van der Waals surface area contributed by atoms with Gasteiger partial charge in [-0.05, 0) is 71.2 Å². The molecule has 0 spiro atoms. The van der Waals surface area contributed by atoms with E-state index in [-0.39, 0.29) is 6.09 Å². The largest absolute Gasteiger partial charge is 0.443 e. The first kappa shape index (κ1) is 29.0. The van der Waals surface area contributed by atoms with Crippen molar-refractivity contribution in [3.05, 3.63) is 53.0 Å². The van der Waals surface area contributed by atoms with Gasteiger partial charge in [-0.15, -0.1) is 11.3 Å². The summed E-state index contributed by atoms with van der Waals surface area (Å²) >= 11 is 1.68. The molecule has 2 N–H and O–H groups in total. The van der Waals surface area contributed by atoms with Gasteiger partial charge in [-0.3, -0.25) is 9.80 Å². The average Bonchev–Trinajstić information content (AvgIpc) is 3.51. The van der Waals surface area contributed by atoms with Crippen LogP contribution < -0.4 is 10.6 Å². The summed E-state index contributed by atoms with van der Waals surface area (Å²) in [5.74, 6) is 0. The lowest BCUT2D eigenvalue weighted by atomic mass is 9.96. The van der Waals surface area contributed by atoms with Gasteiger partial charge < -0.3 is 15.4 Å². The van der Waals surface area contributed by atoms with Crippen molar-refractivity contribution in [1.82, 2.24) is 19.4 Å². The molecule has 0 radical (unpaired) electrons. The van der Waals surface area contributed by atoms with Gasteiger partial charge >= 0.3 is 6.09 Å². The Balaban J connectivity index is 1.15. The van der Waals surface area contributed by atoms with Crippen LogP contribution in [0, 0.1) is 0 Å². The summed E-state index contributed by atoms with van der Waals surface area (Å²) in [6.07, 6.45) is 4.13. The second-order valence-corrected chi connectivity index (χ2v) is 13.8. The second kappa shape index (κ2) is 11.9. The highest BCUT2D eigenvalue weighted by Crippen LogP contribution is 2.37. The first-order chi connectivity index (χ1) is 20.2. The molecule has 1 saturated heterocycles. The van der Waals surface area contributed by atoms with Gasteiger partial charge in [0.25, 0.3) is 0 Å². The van der Waals surface area contributed by atoms with Crippen LogP contribution in [0.2, 0.25) is 0 Å². The summed E-state index contributed by atoms with van der Waals surface area (Å²) < 4.78 is 7.56. The molecule has 4 aromatic rings. The number of aryl methyl sites for hydroxylation is 1. The average molecular weight is 589 g/mol. The van der Waals surface area contributed by atoms with Gasteiger partial charge in [0.05, 0.1) is 16.7 Å². The smallest absolute Gasteiger partial charge is 0.419 e. The highest BCUT2D eigenvalue weighted by molar-refractivity contribution is 7.15. The topological polar surface area (TPSA) is 79.9 Å². The first-order valence-electron chi connectivity index (χ1n) is 15.4. The molecule has 8 nitrogen and oxygen atoms in total. The molecule has 1 atom stereocenters. The SMILES string of the molecule is CCCN(CCN1CCN(c2cccc3c2c2ccccc2n3C(=O)OC(C)(C)C)CC1)[C@H]1CCc2nc(N)sc2C1. The van der Waals surface area contributed by atoms with E-state index < -0.39 is 5.60 Å². The molecule has 0 saturated carbocycles. The molecule has 3 heterocycles. The van der Waals surface area contributed by atoms with Gasteiger partial charge in [0.2, 0.25) is 0 Å². The number of hydrogen-bond donors (Lipinski definition) is 1. The maximum Gasteiger partial charge on any atom is 0.419 e. The molecular formula is C33H44N6O2S. The fraction of sp³-hybridized carbons (Fsp3) is 0.515. The van der Waals surface area contributed by atoms with E-state index in [4.69, 9.17) is 10.5 Å². The van der Waals surface area contributed by atoms with Gasteiger partial charge in [-0.1, -0.05) is 31.2 Å². The van der Waals surface area contributed by atoms with Crippen LogP contribution in [0.4, 0.5) is 15.6 Å². The second-order valence-electron chi connectivity index (χ2n) is 12.7. The molecule has 1 fully saturated rings. The minimum Gasteiger partial charge on any atom is -0.443 e. The molecule has 9 heteroatoms. The van der Waals surface area contributed by atoms with Crippen LogP contribution in [-0.4, -0.2) is 82.9 Å². The number of ether oxygens (including phenoxy) is 1. The lowest BCUT2D eigenvalue weighted by Crippen LogP contribution is -2.50. The molecule has 1 aliphatic heterocycles. The predicted molar refractivity (Wildman–Crippen MR) is 174 cm³/mol. The van der Waals surface area contributed by atoms with Crippen LogP contribution in [-0.2, 0) is 17.6 Å². The number of piperazine rings is 1. The molecule has 0 unspecified atom stereocenters. The number of fused-ring (bicyclic) bond motifs is 4. The number of nitrogen functional groups attached to an aromatic ring is 1. The van der Waals surface area contributed by atoms with Crippen molar-refractivity contribution in [2.45, 2.75) is 65.0 Å². The minimum atomic E-state index is -0.565. The Labute approximate surface area is 253 Å². The number of anilines is 2. The third-order valence-electron chi connectivity index (χ3n) is 8.63. The summed E-state index contributed by atoms with van der Waals surface area (Å²) in [7, 11) is 0. The van der Waals surface area contributed by atoms with E-state index in [2.05, 4.69) is 50.9 Å². The standard InChI is InChI=1S/C33H44N6O2S/c1-5-15-37(23-13-14-25-29(22-23)42-31(34)35-25)19-16-36-17-20-38(21-18-36)27-11-8-12-28-30(27)24-9-6-7-10-26(24)39(28)32(40)41-33(2,3)4/h6-12,23H,5,13-22H2,1-4H3,(H2,34,35)/t23-/m0/s1. The van der Waals surface area contributed by atoms with Crippen LogP contribution in [0.25, 0.3) is 21.8 Å². The minimum absolute atomic E-state index is 0.333. The van der Waals surface area contributed by atoms with E-state index in [0.717, 1.165) is 80.5 Å². The third-order valence-corrected chi connectivity index (χ3v) is 9.57. The molecule has 0 amide bonds. The summed E-state index contributed by atoms with van der Waals surface area (Å²) in [4.78, 5) is 27.1. The molecule has 1 aliphatic carbocycles. The van der Waals surface area contributed by atoms with Crippen molar-refractivity contribution in [1.29, 1.82) is 0 Å². The fourth-order valence-corrected chi connectivity index (χ4v) is 7.65. The molecule has 6 rings (SSSR count). The zero-order chi connectivity index (χ0) is 29.4.